The lowest BCUT2D eigenvalue weighted by Crippen LogP contribution is -2.50. The summed E-state index contributed by atoms with van der Waals surface area (Å²) < 4.78 is 11.5. The quantitative estimate of drug-likeness (QED) is 0.813. The number of pyridine rings is 1. The average Bonchev–Trinajstić information content (AvgIpc) is 2.78. The molecular weight excluding hydrogens is 368 g/mol. The summed E-state index contributed by atoms with van der Waals surface area (Å²) in [4.78, 5) is 19.3. The molecule has 2 aliphatic rings. The number of morpholine rings is 1. The molecule has 1 fully saturated rings. The Hall–Kier alpha value is -2.48. The molecule has 0 radical (unpaired) electrons. The molecule has 2 aromatic rings. The topological polar surface area (TPSA) is 75.7 Å². The fourth-order valence-electron chi connectivity index (χ4n) is 4.06. The van der Waals surface area contributed by atoms with Crippen LogP contribution in [0.1, 0.15) is 29.8 Å². The highest BCUT2D eigenvalue weighted by atomic mass is 16.5. The van der Waals surface area contributed by atoms with Crippen LogP contribution < -0.4 is 10.6 Å². The van der Waals surface area contributed by atoms with Gasteiger partial charge in [0.05, 0.1) is 43.9 Å². The van der Waals surface area contributed by atoms with Crippen molar-refractivity contribution in [3.8, 4) is 0 Å². The molecule has 2 aliphatic heterocycles. The maximum atomic E-state index is 12.5. The third kappa shape index (κ3) is 4.75. The predicted octanol–water partition coefficient (Wildman–Crippen LogP) is 2.74. The van der Waals surface area contributed by atoms with Gasteiger partial charge < -0.3 is 20.1 Å². The van der Waals surface area contributed by atoms with Gasteiger partial charge in [-0.3, -0.25) is 9.88 Å². The van der Waals surface area contributed by atoms with Gasteiger partial charge in [0.1, 0.15) is 0 Å². The number of aromatic nitrogens is 1. The van der Waals surface area contributed by atoms with E-state index in [1.165, 1.54) is 5.56 Å². The first-order valence-corrected chi connectivity index (χ1v) is 10.3. The van der Waals surface area contributed by atoms with Gasteiger partial charge in [-0.2, -0.15) is 0 Å². The van der Waals surface area contributed by atoms with Gasteiger partial charge in [-0.15, -0.1) is 0 Å². The van der Waals surface area contributed by atoms with Crippen LogP contribution in [0.2, 0.25) is 0 Å². The van der Waals surface area contributed by atoms with E-state index in [-0.39, 0.29) is 18.2 Å². The number of hydrogen-bond acceptors (Lipinski definition) is 5. The summed E-state index contributed by atoms with van der Waals surface area (Å²) in [6.45, 7) is 6.33. The second kappa shape index (κ2) is 9.35. The number of amides is 2. The number of carbonyl (C=O) groups excluding carboxylic acids is 1. The Balaban J connectivity index is 1.38. The Kier molecular flexibility index (Phi) is 6.39. The Morgan fingerprint density at radius 1 is 1.28 bits per heavy atom. The van der Waals surface area contributed by atoms with E-state index in [4.69, 9.17) is 9.47 Å². The molecule has 1 aromatic heterocycles. The molecule has 0 bridgehead atoms. The largest absolute Gasteiger partial charge is 0.376 e. The van der Waals surface area contributed by atoms with Gasteiger partial charge in [-0.25, -0.2) is 4.79 Å². The van der Waals surface area contributed by atoms with Crippen LogP contribution in [0.4, 0.5) is 10.5 Å². The van der Waals surface area contributed by atoms with Crippen LogP contribution in [0.5, 0.6) is 0 Å². The highest BCUT2D eigenvalue weighted by Crippen LogP contribution is 2.29. The second-order valence-electron chi connectivity index (χ2n) is 7.36. The Bertz CT molecular complexity index is 830. The molecule has 2 atom stereocenters. The molecule has 0 spiro atoms. The van der Waals surface area contributed by atoms with Gasteiger partial charge in [0.25, 0.3) is 0 Å². The molecule has 1 saturated heterocycles. The fraction of sp³-hybridized carbons (Fsp3) is 0.455. The summed E-state index contributed by atoms with van der Waals surface area (Å²) in [7, 11) is 0. The average molecular weight is 396 g/mol. The number of urea groups is 1. The molecule has 4 rings (SSSR count). The highest BCUT2D eigenvalue weighted by molar-refractivity contribution is 5.89. The first kappa shape index (κ1) is 19.8. The van der Waals surface area contributed by atoms with Crippen LogP contribution in [0.25, 0.3) is 0 Å². The summed E-state index contributed by atoms with van der Waals surface area (Å²) in [6, 6.07) is 12.1. The normalized spacial score (nSPS) is 22.0. The van der Waals surface area contributed by atoms with Crippen LogP contribution in [0.3, 0.4) is 0 Å². The van der Waals surface area contributed by atoms with Crippen molar-refractivity contribution >= 4 is 11.7 Å². The van der Waals surface area contributed by atoms with Crippen molar-refractivity contribution in [1.29, 1.82) is 0 Å². The third-order valence-corrected chi connectivity index (χ3v) is 5.53. The van der Waals surface area contributed by atoms with Gasteiger partial charge in [-0.1, -0.05) is 37.3 Å². The molecule has 0 saturated carbocycles. The van der Waals surface area contributed by atoms with Crippen LogP contribution in [0.15, 0.2) is 42.6 Å². The van der Waals surface area contributed by atoms with E-state index in [1.807, 2.05) is 24.3 Å². The number of anilines is 1. The summed E-state index contributed by atoms with van der Waals surface area (Å²) in [6.07, 6.45) is 2.41. The van der Waals surface area contributed by atoms with E-state index < -0.39 is 0 Å². The van der Waals surface area contributed by atoms with Crippen molar-refractivity contribution in [3.05, 3.63) is 59.4 Å². The van der Waals surface area contributed by atoms with Gasteiger partial charge in [0.15, 0.2) is 0 Å². The maximum Gasteiger partial charge on any atom is 0.319 e. The van der Waals surface area contributed by atoms with E-state index in [1.54, 1.807) is 6.20 Å². The standard InChI is InChI=1S/C22H28N4O3/c1-2-26-9-11-29-20(21(26)16-6-4-3-5-7-16)14-24-22(27)25-18-12-17-15-28-10-8-19(17)23-13-18/h3-7,12-13,20-21H,2,8-11,14-15H2,1H3,(H2,24,25,27)/t20-,21-/m0/s1. The number of hydrogen-bond donors (Lipinski definition) is 2. The van der Waals surface area contributed by atoms with Crippen molar-refractivity contribution in [2.75, 3.05) is 38.2 Å². The number of ether oxygens (including phenoxy) is 2. The molecule has 2 amide bonds. The number of fused-ring (bicyclic) bond motifs is 1. The molecule has 29 heavy (non-hydrogen) atoms. The zero-order chi connectivity index (χ0) is 20.1. The summed E-state index contributed by atoms with van der Waals surface area (Å²) in [5, 5.41) is 5.84. The summed E-state index contributed by atoms with van der Waals surface area (Å²) in [5.74, 6) is 0. The Labute approximate surface area is 171 Å². The zero-order valence-corrected chi connectivity index (χ0v) is 16.8. The number of nitrogens with one attached hydrogen (secondary N) is 2. The lowest BCUT2D eigenvalue weighted by atomic mass is 9.98. The van der Waals surface area contributed by atoms with Crippen molar-refractivity contribution in [2.24, 2.45) is 0 Å². The van der Waals surface area contributed by atoms with Crippen LogP contribution in [-0.2, 0) is 22.5 Å². The number of carbonyl (C=O) groups is 1. The van der Waals surface area contributed by atoms with Gasteiger partial charge in [-0.05, 0) is 18.2 Å². The van der Waals surface area contributed by atoms with Crippen molar-refractivity contribution in [3.63, 3.8) is 0 Å². The van der Waals surface area contributed by atoms with E-state index in [2.05, 4.69) is 39.6 Å². The molecule has 0 aliphatic carbocycles. The number of nitrogens with zero attached hydrogens (tertiary/aromatic N) is 2. The Morgan fingerprint density at radius 3 is 2.97 bits per heavy atom. The van der Waals surface area contributed by atoms with Crippen molar-refractivity contribution < 1.29 is 14.3 Å². The third-order valence-electron chi connectivity index (χ3n) is 5.53. The van der Waals surface area contributed by atoms with E-state index >= 15 is 0 Å². The van der Waals surface area contributed by atoms with E-state index in [9.17, 15) is 4.79 Å². The van der Waals surface area contributed by atoms with Gasteiger partial charge in [0, 0.05) is 30.8 Å². The minimum Gasteiger partial charge on any atom is -0.376 e. The van der Waals surface area contributed by atoms with E-state index in [0.717, 1.165) is 30.8 Å². The first-order chi connectivity index (χ1) is 14.2. The number of benzene rings is 1. The highest BCUT2D eigenvalue weighted by Gasteiger charge is 2.32. The van der Waals surface area contributed by atoms with Crippen molar-refractivity contribution in [1.82, 2.24) is 15.2 Å². The summed E-state index contributed by atoms with van der Waals surface area (Å²) >= 11 is 0. The Morgan fingerprint density at radius 2 is 2.14 bits per heavy atom. The van der Waals surface area contributed by atoms with Crippen LogP contribution >= 0.6 is 0 Å². The molecule has 7 heteroatoms. The monoisotopic (exact) mass is 396 g/mol. The summed E-state index contributed by atoms with van der Waals surface area (Å²) in [5.41, 5.74) is 3.96. The molecule has 3 heterocycles. The lowest BCUT2D eigenvalue weighted by Gasteiger charge is -2.41. The van der Waals surface area contributed by atoms with Crippen molar-refractivity contribution in [2.45, 2.75) is 32.1 Å². The minimum atomic E-state index is -0.257. The zero-order valence-electron chi connectivity index (χ0n) is 16.8. The van der Waals surface area contributed by atoms with Gasteiger partial charge >= 0.3 is 6.03 Å². The number of rotatable bonds is 5. The van der Waals surface area contributed by atoms with E-state index in [0.29, 0.717) is 32.1 Å². The van der Waals surface area contributed by atoms with Gasteiger partial charge in [0.2, 0.25) is 0 Å². The molecule has 154 valence electrons. The molecule has 7 nitrogen and oxygen atoms in total. The van der Waals surface area contributed by atoms with Crippen LogP contribution in [0, 0.1) is 0 Å². The maximum absolute atomic E-state index is 12.5. The smallest absolute Gasteiger partial charge is 0.319 e. The fourth-order valence-corrected chi connectivity index (χ4v) is 4.06. The van der Waals surface area contributed by atoms with Crippen LogP contribution in [-0.4, -0.2) is 54.9 Å². The first-order valence-electron chi connectivity index (χ1n) is 10.3. The second-order valence-corrected chi connectivity index (χ2v) is 7.36. The minimum absolute atomic E-state index is 0.105. The lowest BCUT2D eigenvalue weighted by molar-refractivity contribution is -0.0680. The molecule has 1 aromatic carbocycles. The predicted molar refractivity (Wildman–Crippen MR) is 111 cm³/mol. The SMILES string of the molecule is CCN1CCO[C@@H](CNC(=O)Nc2cnc3c(c2)COCC3)[C@@H]1c1ccccc1. The number of likely N-dealkylation sites (N-methyl/N-ethyl adjacent to an activating group) is 1. The molecule has 2 N–H and O–H groups in total. The molecular formula is C22H28N4O3. The molecule has 0 unspecified atom stereocenters.